The first-order valence-corrected chi connectivity index (χ1v) is 7.46. The van der Waals surface area contributed by atoms with E-state index in [1.54, 1.807) is 18.2 Å². The summed E-state index contributed by atoms with van der Waals surface area (Å²) in [7, 11) is -5.77. The average Bonchev–Trinajstić information content (AvgIpc) is 2.38. The molecule has 0 unspecified atom stereocenters. The van der Waals surface area contributed by atoms with Gasteiger partial charge in [0.1, 0.15) is 5.76 Å². The number of carbonyl (C=O) groups excluding carboxylic acids is 1. The van der Waals surface area contributed by atoms with Crippen molar-refractivity contribution in [1.82, 2.24) is 0 Å². The molecule has 114 valence electrons. The van der Waals surface area contributed by atoms with E-state index in [0.29, 0.717) is 5.56 Å². The Kier molecular flexibility index (Phi) is 4.08. The minimum absolute atomic E-state index is 0.0364. The maximum atomic E-state index is 12.4. The number of alkyl halides is 3. The molecule has 2 rings (SSSR count). The van der Waals surface area contributed by atoms with Gasteiger partial charge in [-0.15, -0.1) is 0 Å². The van der Waals surface area contributed by atoms with Crippen LogP contribution in [0.3, 0.4) is 0 Å². The maximum Gasteiger partial charge on any atom is 0.534 e. The van der Waals surface area contributed by atoms with Gasteiger partial charge in [0, 0.05) is 12.8 Å². The van der Waals surface area contributed by atoms with Gasteiger partial charge in [0.2, 0.25) is 0 Å². The third-order valence-electron chi connectivity index (χ3n) is 2.92. The molecule has 1 aromatic carbocycles. The first kappa shape index (κ1) is 15.6. The minimum Gasteiger partial charge on any atom is -0.380 e. The van der Waals surface area contributed by atoms with Crippen LogP contribution in [0.15, 0.2) is 36.1 Å². The van der Waals surface area contributed by atoms with Crippen molar-refractivity contribution in [3.05, 3.63) is 41.7 Å². The molecule has 0 atom stereocenters. The summed E-state index contributed by atoms with van der Waals surface area (Å²) in [6.45, 7) is 0. The van der Waals surface area contributed by atoms with Crippen molar-refractivity contribution in [1.29, 1.82) is 0 Å². The summed E-state index contributed by atoms with van der Waals surface area (Å²) >= 11 is 0. The monoisotopic (exact) mass is 320 g/mol. The van der Waals surface area contributed by atoms with Gasteiger partial charge in [-0.05, 0) is 12.0 Å². The van der Waals surface area contributed by atoms with E-state index < -0.39 is 27.2 Å². The summed E-state index contributed by atoms with van der Waals surface area (Å²) in [5.41, 5.74) is -5.29. The fourth-order valence-electron chi connectivity index (χ4n) is 2.00. The number of halogens is 3. The zero-order valence-corrected chi connectivity index (χ0v) is 11.5. The molecule has 4 nitrogen and oxygen atoms in total. The fraction of sp³-hybridized carbons (Fsp3) is 0.308. The van der Waals surface area contributed by atoms with Gasteiger partial charge in [0.25, 0.3) is 0 Å². The van der Waals surface area contributed by atoms with Gasteiger partial charge in [0.15, 0.2) is 5.78 Å². The van der Waals surface area contributed by atoms with Gasteiger partial charge >= 0.3 is 15.6 Å². The molecule has 1 aliphatic carbocycles. The standard InChI is InChI=1S/C13H11F3O4S/c14-13(15,16)21(18,19)20-11-8-4-7-10(17)12(11)9-5-2-1-3-6-9/h1-3,5-6H,4,7-8H2. The highest BCUT2D eigenvalue weighted by molar-refractivity contribution is 7.87. The smallest absolute Gasteiger partial charge is 0.380 e. The molecule has 0 aliphatic heterocycles. The number of carbonyl (C=O) groups is 1. The molecule has 1 aromatic rings. The zero-order valence-electron chi connectivity index (χ0n) is 10.7. The second kappa shape index (κ2) is 5.51. The number of allylic oxidation sites excluding steroid dienone is 2. The maximum absolute atomic E-state index is 12.4. The number of benzene rings is 1. The minimum atomic E-state index is -5.77. The van der Waals surface area contributed by atoms with Gasteiger partial charge in [-0.1, -0.05) is 30.3 Å². The second-order valence-corrected chi connectivity index (χ2v) is 5.96. The molecule has 0 spiro atoms. The molecule has 0 amide bonds. The van der Waals surface area contributed by atoms with Crippen molar-refractivity contribution in [3.63, 3.8) is 0 Å². The van der Waals surface area contributed by atoms with Crippen LogP contribution in [0.4, 0.5) is 13.2 Å². The van der Waals surface area contributed by atoms with Crippen LogP contribution in [0, 0.1) is 0 Å². The van der Waals surface area contributed by atoms with E-state index in [-0.39, 0.29) is 24.8 Å². The topological polar surface area (TPSA) is 60.4 Å². The van der Waals surface area contributed by atoms with Crippen LogP contribution in [0.5, 0.6) is 0 Å². The van der Waals surface area contributed by atoms with E-state index in [0.717, 1.165) is 0 Å². The number of Topliss-reactive ketones (excluding diaryl/α,β-unsaturated/α-hetero) is 1. The Morgan fingerprint density at radius 3 is 2.24 bits per heavy atom. The highest BCUT2D eigenvalue weighted by atomic mass is 32.2. The summed E-state index contributed by atoms with van der Waals surface area (Å²) < 4.78 is 63.6. The Bertz CT molecular complexity index is 675. The largest absolute Gasteiger partial charge is 0.534 e. The van der Waals surface area contributed by atoms with E-state index >= 15 is 0 Å². The van der Waals surface area contributed by atoms with Crippen LogP contribution < -0.4 is 0 Å². The fourth-order valence-corrected chi connectivity index (χ4v) is 2.53. The molecule has 0 saturated carbocycles. The molecule has 1 aliphatic rings. The SMILES string of the molecule is O=C1CCCC(OS(=O)(=O)C(F)(F)F)=C1c1ccccc1. The van der Waals surface area contributed by atoms with E-state index in [2.05, 4.69) is 4.18 Å². The quantitative estimate of drug-likeness (QED) is 0.634. The number of ketones is 1. The molecule has 0 fully saturated rings. The van der Waals surface area contributed by atoms with Crippen LogP contribution in [0.25, 0.3) is 5.57 Å². The van der Waals surface area contributed by atoms with Crippen LogP contribution in [-0.4, -0.2) is 19.7 Å². The van der Waals surface area contributed by atoms with Gasteiger partial charge < -0.3 is 4.18 Å². The lowest BCUT2D eigenvalue weighted by atomic mass is 9.91. The number of rotatable bonds is 3. The normalized spacial score (nSPS) is 17.0. The first-order chi connectivity index (χ1) is 9.72. The van der Waals surface area contributed by atoms with E-state index in [9.17, 15) is 26.4 Å². The van der Waals surface area contributed by atoms with Crippen molar-refractivity contribution in [2.45, 2.75) is 24.8 Å². The van der Waals surface area contributed by atoms with Crippen LogP contribution >= 0.6 is 0 Å². The molecule has 0 aromatic heterocycles. The van der Waals surface area contributed by atoms with Crippen molar-refractivity contribution in [3.8, 4) is 0 Å². The molecular weight excluding hydrogens is 309 g/mol. The summed E-state index contributed by atoms with van der Waals surface area (Å²) in [6.07, 6.45) is 0.353. The Labute approximate surface area is 119 Å². The third-order valence-corrected chi connectivity index (χ3v) is 3.91. The first-order valence-electron chi connectivity index (χ1n) is 6.05. The number of hydrogen-bond donors (Lipinski definition) is 0. The van der Waals surface area contributed by atoms with Crippen molar-refractivity contribution >= 4 is 21.5 Å². The predicted octanol–water partition coefficient (Wildman–Crippen LogP) is 3.02. The van der Waals surface area contributed by atoms with Crippen LogP contribution in [0.2, 0.25) is 0 Å². The molecule has 0 saturated heterocycles. The Hall–Kier alpha value is -1.83. The summed E-state index contributed by atoms with van der Waals surface area (Å²) in [4.78, 5) is 11.9. The lowest BCUT2D eigenvalue weighted by molar-refractivity contribution is -0.114. The van der Waals surface area contributed by atoms with Crippen LogP contribution in [0.1, 0.15) is 24.8 Å². The Balaban J connectivity index is 2.49. The molecule has 21 heavy (non-hydrogen) atoms. The van der Waals surface area contributed by atoms with Gasteiger partial charge in [-0.2, -0.15) is 21.6 Å². The zero-order chi connectivity index (χ0) is 15.7. The molecule has 0 heterocycles. The van der Waals surface area contributed by atoms with Gasteiger partial charge in [-0.25, -0.2) is 0 Å². The second-order valence-electron chi connectivity index (χ2n) is 4.42. The summed E-state index contributed by atoms with van der Waals surface area (Å²) in [5.74, 6) is -0.880. The lowest BCUT2D eigenvalue weighted by Crippen LogP contribution is -2.27. The van der Waals surface area contributed by atoms with E-state index in [4.69, 9.17) is 0 Å². The predicted molar refractivity (Wildman–Crippen MR) is 68.3 cm³/mol. The van der Waals surface area contributed by atoms with Gasteiger partial charge in [-0.3, -0.25) is 4.79 Å². The van der Waals surface area contributed by atoms with Crippen LogP contribution in [-0.2, 0) is 19.1 Å². The van der Waals surface area contributed by atoms with Crippen molar-refractivity contribution in [2.75, 3.05) is 0 Å². The molecular formula is C13H11F3O4S. The van der Waals surface area contributed by atoms with Crippen molar-refractivity contribution < 1.29 is 30.6 Å². The van der Waals surface area contributed by atoms with Crippen molar-refractivity contribution in [2.24, 2.45) is 0 Å². The third kappa shape index (κ3) is 3.26. The highest BCUT2D eigenvalue weighted by Gasteiger charge is 2.49. The lowest BCUT2D eigenvalue weighted by Gasteiger charge is -2.20. The summed E-state index contributed by atoms with van der Waals surface area (Å²) in [5, 5.41) is 0. The summed E-state index contributed by atoms with van der Waals surface area (Å²) in [6, 6.07) is 7.90. The van der Waals surface area contributed by atoms with E-state index in [1.807, 2.05) is 0 Å². The molecule has 0 radical (unpaired) electrons. The Morgan fingerprint density at radius 2 is 1.67 bits per heavy atom. The Morgan fingerprint density at radius 1 is 1.05 bits per heavy atom. The van der Waals surface area contributed by atoms with Gasteiger partial charge in [0.05, 0.1) is 5.57 Å². The molecule has 8 heteroatoms. The number of hydrogen-bond acceptors (Lipinski definition) is 4. The molecule has 0 bridgehead atoms. The highest BCUT2D eigenvalue weighted by Crippen LogP contribution is 2.35. The average molecular weight is 320 g/mol. The van der Waals surface area contributed by atoms with E-state index in [1.165, 1.54) is 12.1 Å². The molecule has 0 N–H and O–H groups in total.